The van der Waals surface area contributed by atoms with E-state index < -0.39 is 0 Å². The number of hydrogen-bond acceptors (Lipinski definition) is 2. The molecule has 158 valence electrons. The summed E-state index contributed by atoms with van der Waals surface area (Å²) in [5.41, 5.74) is 6.07. The fourth-order valence-electron chi connectivity index (χ4n) is 4.71. The van der Waals surface area contributed by atoms with E-state index in [-0.39, 0.29) is 11.7 Å². The second kappa shape index (κ2) is 9.38. The molecule has 2 N–H and O–H groups in total. The first-order valence-electron chi connectivity index (χ1n) is 10.9. The molecule has 0 heterocycles. The van der Waals surface area contributed by atoms with Gasteiger partial charge in [-0.3, -0.25) is 0 Å². The number of phenolic OH excluding ortho intramolecular Hbond substituents is 2. The summed E-state index contributed by atoms with van der Waals surface area (Å²) in [4.78, 5) is 0. The molecule has 0 aromatic heterocycles. The molecule has 30 heavy (non-hydrogen) atoms. The first kappa shape index (κ1) is 22.0. The van der Waals surface area contributed by atoms with E-state index in [0.29, 0.717) is 24.0 Å². The number of hydrogen-bond donors (Lipinski definition) is 2. The van der Waals surface area contributed by atoms with Crippen LogP contribution in [0.3, 0.4) is 0 Å². The lowest BCUT2D eigenvalue weighted by molar-refractivity contribution is 0.310. The molecule has 0 aliphatic heterocycles. The van der Waals surface area contributed by atoms with Gasteiger partial charge in [0.2, 0.25) is 0 Å². The van der Waals surface area contributed by atoms with Crippen molar-refractivity contribution in [2.75, 3.05) is 0 Å². The van der Waals surface area contributed by atoms with Crippen LogP contribution in [0.25, 0.3) is 11.1 Å². The van der Waals surface area contributed by atoms with Crippen molar-refractivity contribution in [2.24, 2.45) is 11.8 Å². The average molecular weight is 403 g/mol. The summed E-state index contributed by atoms with van der Waals surface area (Å²) in [5.74, 6) is 1.85. The van der Waals surface area contributed by atoms with Gasteiger partial charge in [0.05, 0.1) is 0 Å². The van der Waals surface area contributed by atoms with Crippen LogP contribution in [0.2, 0.25) is 0 Å². The molecule has 0 spiro atoms. The molecule has 1 aliphatic carbocycles. The van der Waals surface area contributed by atoms with Crippen LogP contribution in [0.15, 0.2) is 67.3 Å². The van der Waals surface area contributed by atoms with Crippen molar-refractivity contribution in [3.63, 3.8) is 0 Å². The molecule has 0 amide bonds. The molecule has 3 rings (SSSR count). The summed E-state index contributed by atoms with van der Waals surface area (Å²) in [6, 6.07) is 9.74. The average Bonchev–Trinajstić information content (AvgIpc) is 2.71. The molecular weight excluding hydrogens is 368 g/mol. The predicted molar refractivity (Wildman–Crippen MR) is 127 cm³/mol. The van der Waals surface area contributed by atoms with Gasteiger partial charge in [-0.05, 0) is 79.3 Å². The Balaban J connectivity index is 2.20. The molecular formula is C28H34O2. The highest BCUT2D eigenvalue weighted by Gasteiger charge is 2.30. The van der Waals surface area contributed by atoms with Gasteiger partial charge in [0.1, 0.15) is 11.5 Å². The third-order valence-electron chi connectivity index (χ3n) is 6.35. The van der Waals surface area contributed by atoms with Gasteiger partial charge in [-0.15, -0.1) is 13.2 Å². The number of phenols is 2. The first-order valence-corrected chi connectivity index (χ1v) is 10.9. The van der Waals surface area contributed by atoms with Crippen LogP contribution in [0, 0.1) is 11.8 Å². The molecule has 0 saturated carbocycles. The minimum Gasteiger partial charge on any atom is -0.508 e. The zero-order valence-electron chi connectivity index (χ0n) is 18.5. The van der Waals surface area contributed by atoms with Crippen molar-refractivity contribution in [1.82, 2.24) is 0 Å². The van der Waals surface area contributed by atoms with Crippen molar-refractivity contribution >= 4 is 0 Å². The molecule has 2 nitrogen and oxygen atoms in total. The quantitative estimate of drug-likeness (QED) is 0.476. The normalized spacial score (nSPS) is 18.9. The molecule has 1 aliphatic rings. The molecule has 0 unspecified atom stereocenters. The summed E-state index contributed by atoms with van der Waals surface area (Å²) in [7, 11) is 0. The van der Waals surface area contributed by atoms with Crippen LogP contribution in [0.1, 0.15) is 56.2 Å². The maximum Gasteiger partial charge on any atom is 0.127 e. The number of allylic oxidation sites excluding steroid dienone is 4. The Morgan fingerprint density at radius 3 is 2.47 bits per heavy atom. The highest BCUT2D eigenvalue weighted by molar-refractivity contribution is 5.75. The fourth-order valence-corrected chi connectivity index (χ4v) is 4.71. The highest BCUT2D eigenvalue weighted by atomic mass is 16.3. The van der Waals surface area contributed by atoms with E-state index >= 15 is 0 Å². The summed E-state index contributed by atoms with van der Waals surface area (Å²) in [5, 5.41) is 21.6. The van der Waals surface area contributed by atoms with Crippen LogP contribution < -0.4 is 0 Å². The lowest BCUT2D eigenvalue weighted by Gasteiger charge is -2.34. The Hall–Kier alpha value is -2.74. The third kappa shape index (κ3) is 4.53. The van der Waals surface area contributed by atoms with Crippen molar-refractivity contribution < 1.29 is 10.2 Å². The SMILES string of the molecule is C=CCc1cc(-c2ccc(O)c(CC=C)c2)c(O)c([C@@H]2C=C(C)CC[C@@H]2C(C)C)c1. The van der Waals surface area contributed by atoms with E-state index in [1.54, 1.807) is 12.1 Å². The van der Waals surface area contributed by atoms with Gasteiger partial charge < -0.3 is 10.2 Å². The van der Waals surface area contributed by atoms with Crippen LogP contribution in [0.5, 0.6) is 11.5 Å². The number of rotatable bonds is 7. The lowest BCUT2D eigenvalue weighted by Crippen LogP contribution is -2.21. The second-order valence-electron chi connectivity index (χ2n) is 8.90. The minimum atomic E-state index is 0.201. The Bertz CT molecular complexity index is 965. The predicted octanol–water partition coefficient (Wildman–Crippen LogP) is 7.32. The molecule has 2 aromatic rings. The fraction of sp³-hybridized carbons (Fsp3) is 0.357. The molecule has 0 radical (unpaired) electrons. The zero-order chi connectivity index (χ0) is 21.8. The summed E-state index contributed by atoms with van der Waals surface area (Å²) < 4.78 is 0. The van der Waals surface area contributed by atoms with Gasteiger partial charge in [-0.1, -0.05) is 49.8 Å². The monoisotopic (exact) mass is 402 g/mol. The Morgan fingerprint density at radius 1 is 1.07 bits per heavy atom. The number of benzene rings is 2. The number of aromatic hydroxyl groups is 2. The maximum atomic E-state index is 11.4. The van der Waals surface area contributed by atoms with Crippen molar-refractivity contribution in [3.8, 4) is 22.6 Å². The van der Waals surface area contributed by atoms with Crippen LogP contribution >= 0.6 is 0 Å². The zero-order valence-corrected chi connectivity index (χ0v) is 18.5. The van der Waals surface area contributed by atoms with E-state index in [1.807, 2.05) is 24.3 Å². The van der Waals surface area contributed by atoms with Crippen LogP contribution in [-0.4, -0.2) is 10.2 Å². The van der Waals surface area contributed by atoms with E-state index in [0.717, 1.165) is 47.1 Å². The van der Waals surface area contributed by atoms with Crippen molar-refractivity contribution in [2.45, 2.75) is 52.4 Å². The van der Waals surface area contributed by atoms with Gasteiger partial charge in [-0.25, -0.2) is 0 Å². The van der Waals surface area contributed by atoms with E-state index in [9.17, 15) is 10.2 Å². The van der Waals surface area contributed by atoms with Crippen molar-refractivity contribution in [3.05, 3.63) is 84.0 Å². The summed E-state index contributed by atoms with van der Waals surface area (Å²) >= 11 is 0. The summed E-state index contributed by atoms with van der Waals surface area (Å²) in [6.45, 7) is 14.4. The molecule has 2 aromatic carbocycles. The molecule has 2 heteroatoms. The molecule has 0 saturated heterocycles. The van der Waals surface area contributed by atoms with Crippen LogP contribution in [-0.2, 0) is 12.8 Å². The smallest absolute Gasteiger partial charge is 0.127 e. The third-order valence-corrected chi connectivity index (χ3v) is 6.35. The van der Waals surface area contributed by atoms with Gasteiger partial charge in [0.25, 0.3) is 0 Å². The minimum absolute atomic E-state index is 0.201. The molecule has 2 atom stereocenters. The summed E-state index contributed by atoms with van der Waals surface area (Å²) in [6.07, 6.45) is 9.64. The first-order chi connectivity index (χ1) is 14.3. The lowest BCUT2D eigenvalue weighted by atomic mass is 9.71. The Morgan fingerprint density at radius 2 is 1.80 bits per heavy atom. The largest absolute Gasteiger partial charge is 0.508 e. The highest BCUT2D eigenvalue weighted by Crippen LogP contribution is 2.46. The maximum absolute atomic E-state index is 11.4. The molecule has 0 bridgehead atoms. The standard InChI is InChI=1S/C28H34O2/c1-6-8-20-15-24(21-11-13-27(29)22(17-21)9-7-2)28(30)26(16-20)25-14-19(5)10-12-23(25)18(3)4/h6-7,11,13-18,23,25,29-30H,1-2,8-10,12H2,3-5H3/t23-,25-/m1/s1. The van der Waals surface area contributed by atoms with Gasteiger partial charge in [-0.2, -0.15) is 0 Å². The molecule has 0 fully saturated rings. The Labute approximate surface area is 181 Å². The van der Waals surface area contributed by atoms with E-state index in [4.69, 9.17) is 0 Å². The van der Waals surface area contributed by atoms with E-state index in [1.165, 1.54) is 5.57 Å². The van der Waals surface area contributed by atoms with E-state index in [2.05, 4.69) is 46.1 Å². The van der Waals surface area contributed by atoms with Gasteiger partial charge in [0, 0.05) is 17.0 Å². The topological polar surface area (TPSA) is 40.5 Å². The van der Waals surface area contributed by atoms with Gasteiger partial charge >= 0.3 is 0 Å². The van der Waals surface area contributed by atoms with Crippen LogP contribution in [0.4, 0.5) is 0 Å². The Kier molecular flexibility index (Phi) is 6.87. The van der Waals surface area contributed by atoms with Gasteiger partial charge in [0.15, 0.2) is 0 Å². The second-order valence-corrected chi connectivity index (χ2v) is 8.90. The van der Waals surface area contributed by atoms with Crippen molar-refractivity contribution in [1.29, 1.82) is 0 Å².